The number of rotatable bonds is 8. The average Bonchev–Trinajstić information content (AvgIpc) is 2.41. The van der Waals surface area contributed by atoms with Gasteiger partial charge in [0.2, 0.25) is 5.88 Å². The Labute approximate surface area is 114 Å². The summed E-state index contributed by atoms with van der Waals surface area (Å²) in [6.45, 7) is 4.69. The molecule has 0 aliphatic heterocycles. The lowest BCUT2D eigenvalue weighted by atomic mass is 10.2. The average molecular weight is 265 g/mol. The highest BCUT2D eigenvalue weighted by molar-refractivity contribution is 5.97. The van der Waals surface area contributed by atoms with Crippen LogP contribution >= 0.6 is 0 Å². The van der Waals surface area contributed by atoms with Crippen LogP contribution in [0.1, 0.15) is 50.3 Å². The monoisotopic (exact) mass is 265 g/mol. The number of hydrogen-bond donors (Lipinski definition) is 2. The summed E-state index contributed by atoms with van der Waals surface area (Å²) >= 11 is 0. The van der Waals surface area contributed by atoms with E-state index < -0.39 is 0 Å². The number of nitrogens with two attached hydrogens (primary N) is 1. The van der Waals surface area contributed by atoms with Crippen LogP contribution in [0.15, 0.2) is 17.3 Å². The van der Waals surface area contributed by atoms with Gasteiger partial charge in [-0.3, -0.25) is 0 Å². The molecule has 5 heteroatoms. The van der Waals surface area contributed by atoms with Gasteiger partial charge >= 0.3 is 0 Å². The maximum atomic E-state index is 8.67. The van der Waals surface area contributed by atoms with Gasteiger partial charge in [-0.2, -0.15) is 0 Å². The van der Waals surface area contributed by atoms with E-state index >= 15 is 0 Å². The molecule has 0 aromatic carbocycles. The first-order valence-corrected chi connectivity index (χ1v) is 6.76. The zero-order valence-electron chi connectivity index (χ0n) is 11.7. The van der Waals surface area contributed by atoms with Crippen LogP contribution in [0.2, 0.25) is 0 Å². The first-order chi connectivity index (χ1) is 9.17. The van der Waals surface area contributed by atoms with Gasteiger partial charge in [-0.1, -0.05) is 37.8 Å². The van der Waals surface area contributed by atoms with E-state index in [0.29, 0.717) is 18.1 Å². The lowest BCUT2D eigenvalue weighted by molar-refractivity contribution is 0.293. The molecule has 0 amide bonds. The third-order valence-electron chi connectivity index (χ3n) is 2.83. The Morgan fingerprint density at radius 2 is 2.05 bits per heavy atom. The molecular formula is C14H23N3O2. The highest BCUT2D eigenvalue weighted by Crippen LogP contribution is 2.13. The zero-order chi connectivity index (χ0) is 14.1. The number of ether oxygens (including phenoxy) is 1. The van der Waals surface area contributed by atoms with Crippen LogP contribution in [-0.2, 0) is 0 Å². The van der Waals surface area contributed by atoms with Gasteiger partial charge in [0, 0.05) is 17.3 Å². The van der Waals surface area contributed by atoms with Gasteiger partial charge in [0.25, 0.3) is 0 Å². The fraction of sp³-hybridized carbons (Fsp3) is 0.571. The first-order valence-electron chi connectivity index (χ1n) is 6.76. The molecule has 0 atom stereocenters. The Morgan fingerprint density at radius 1 is 1.32 bits per heavy atom. The van der Waals surface area contributed by atoms with E-state index in [9.17, 15) is 0 Å². The minimum atomic E-state index is 0.0679. The summed E-state index contributed by atoms with van der Waals surface area (Å²) < 4.78 is 5.60. The first kappa shape index (κ1) is 15.3. The van der Waals surface area contributed by atoms with Crippen LogP contribution in [-0.4, -0.2) is 22.6 Å². The minimum Gasteiger partial charge on any atom is -0.478 e. The molecule has 0 saturated heterocycles. The molecule has 0 aliphatic carbocycles. The van der Waals surface area contributed by atoms with Crippen LogP contribution in [0.4, 0.5) is 0 Å². The quantitative estimate of drug-likeness (QED) is 0.249. The lowest BCUT2D eigenvalue weighted by Crippen LogP contribution is -2.14. The zero-order valence-corrected chi connectivity index (χ0v) is 11.7. The van der Waals surface area contributed by atoms with E-state index in [2.05, 4.69) is 17.1 Å². The molecule has 0 aliphatic rings. The van der Waals surface area contributed by atoms with Crippen LogP contribution in [0.3, 0.4) is 0 Å². The summed E-state index contributed by atoms with van der Waals surface area (Å²) in [5.74, 6) is 0.593. The fourth-order valence-corrected chi connectivity index (χ4v) is 1.80. The van der Waals surface area contributed by atoms with E-state index in [-0.39, 0.29) is 5.84 Å². The molecular weight excluding hydrogens is 242 g/mol. The minimum absolute atomic E-state index is 0.0679. The smallest absolute Gasteiger partial charge is 0.214 e. The van der Waals surface area contributed by atoms with E-state index in [0.717, 1.165) is 12.1 Å². The number of pyridine rings is 1. The van der Waals surface area contributed by atoms with Crippen molar-refractivity contribution < 1.29 is 9.94 Å². The predicted octanol–water partition coefficient (Wildman–Crippen LogP) is 2.83. The lowest BCUT2D eigenvalue weighted by Gasteiger charge is -2.08. The largest absolute Gasteiger partial charge is 0.478 e. The Hall–Kier alpha value is -1.78. The van der Waals surface area contributed by atoms with Gasteiger partial charge in [-0.15, -0.1) is 0 Å². The van der Waals surface area contributed by atoms with E-state index in [4.69, 9.17) is 15.7 Å². The van der Waals surface area contributed by atoms with E-state index in [1.165, 1.54) is 25.7 Å². The predicted molar refractivity (Wildman–Crippen MR) is 75.7 cm³/mol. The SMILES string of the molecule is CCCCCCCOc1cc(/C(N)=N/O)cc(C)n1. The summed E-state index contributed by atoms with van der Waals surface area (Å²) in [4.78, 5) is 4.27. The second-order valence-electron chi connectivity index (χ2n) is 4.58. The van der Waals surface area contributed by atoms with Crippen LogP contribution in [0.25, 0.3) is 0 Å². The Bertz CT molecular complexity index is 419. The highest BCUT2D eigenvalue weighted by atomic mass is 16.5. The van der Waals surface area contributed by atoms with Crippen molar-refractivity contribution in [1.29, 1.82) is 0 Å². The number of unbranched alkanes of at least 4 members (excludes halogenated alkanes) is 4. The summed E-state index contributed by atoms with van der Waals surface area (Å²) in [5.41, 5.74) is 6.96. The fourth-order valence-electron chi connectivity index (χ4n) is 1.80. The van der Waals surface area contributed by atoms with E-state index in [1.807, 2.05) is 6.92 Å². The molecule has 0 unspecified atom stereocenters. The standard InChI is InChI=1S/C14H23N3O2/c1-3-4-5-6-7-8-19-13-10-12(14(15)17-18)9-11(2)16-13/h9-10,18H,3-8H2,1-2H3,(H2,15,17). The van der Waals surface area contributed by atoms with Crippen LogP contribution in [0, 0.1) is 6.92 Å². The van der Waals surface area contributed by atoms with Crippen molar-refractivity contribution in [2.24, 2.45) is 10.9 Å². The van der Waals surface area contributed by atoms with Gasteiger partial charge in [-0.05, 0) is 19.4 Å². The molecule has 5 nitrogen and oxygen atoms in total. The maximum Gasteiger partial charge on any atom is 0.214 e. The maximum absolute atomic E-state index is 8.67. The number of oxime groups is 1. The normalized spacial score (nSPS) is 11.6. The third-order valence-corrected chi connectivity index (χ3v) is 2.83. The number of aryl methyl sites for hydroxylation is 1. The number of nitrogens with zero attached hydrogens (tertiary/aromatic N) is 2. The Balaban J connectivity index is 2.47. The molecule has 0 spiro atoms. The van der Waals surface area contributed by atoms with Crippen molar-refractivity contribution in [3.63, 3.8) is 0 Å². The summed E-state index contributed by atoms with van der Waals surface area (Å²) in [7, 11) is 0. The van der Waals surface area contributed by atoms with Gasteiger partial charge in [0.05, 0.1) is 6.61 Å². The Morgan fingerprint density at radius 3 is 2.74 bits per heavy atom. The molecule has 1 rings (SSSR count). The molecule has 0 bridgehead atoms. The molecule has 0 fully saturated rings. The molecule has 1 aromatic heterocycles. The molecule has 0 radical (unpaired) electrons. The molecule has 3 N–H and O–H groups in total. The van der Waals surface area contributed by atoms with Gasteiger partial charge in [-0.25, -0.2) is 4.98 Å². The number of amidine groups is 1. The summed E-state index contributed by atoms with van der Waals surface area (Å²) in [6.07, 6.45) is 5.96. The molecule has 19 heavy (non-hydrogen) atoms. The second-order valence-corrected chi connectivity index (χ2v) is 4.58. The number of aromatic nitrogens is 1. The van der Waals surface area contributed by atoms with Crippen molar-refractivity contribution in [3.8, 4) is 5.88 Å². The van der Waals surface area contributed by atoms with Crippen LogP contribution in [0.5, 0.6) is 5.88 Å². The Kier molecular flexibility index (Phi) is 6.71. The third kappa shape index (κ3) is 5.59. The van der Waals surface area contributed by atoms with Crippen molar-refractivity contribution in [2.75, 3.05) is 6.61 Å². The summed E-state index contributed by atoms with van der Waals surface area (Å²) in [6, 6.07) is 3.44. The molecule has 1 aromatic rings. The van der Waals surface area contributed by atoms with Crippen molar-refractivity contribution >= 4 is 5.84 Å². The second kappa shape index (κ2) is 8.34. The van der Waals surface area contributed by atoms with Gasteiger partial charge in [0.1, 0.15) is 0 Å². The van der Waals surface area contributed by atoms with Crippen molar-refractivity contribution in [1.82, 2.24) is 4.98 Å². The van der Waals surface area contributed by atoms with Gasteiger partial charge in [0.15, 0.2) is 5.84 Å². The molecule has 1 heterocycles. The topological polar surface area (TPSA) is 80.7 Å². The molecule has 106 valence electrons. The number of hydrogen-bond acceptors (Lipinski definition) is 4. The van der Waals surface area contributed by atoms with Gasteiger partial charge < -0.3 is 15.7 Å². The van der Waals surface area contributed by atoms with Crippen molar-refractivity contribution in [3.05, 3.63) is 23.4 Å². The molecule has 0 saturated carbocycles. The van der Waals surface area contributed by atoms with E-state index in [1.54, 1.807) is 12.1 Å². The summed E-state index contributed by atoms with van der Waals surface area (Å²) in [5, 5.41) is 11.7. The van der Waals surface area contributed by atoms with Crippen LogP contribution < -0.4 is 10.5 Å². The van der Waals surface area contributed by atoms with Crippen molar-refractivity contribution in [2.45, 2.75) is 46.0 Å². The highest BCUT2D eigenvalue weighted by Gasteiger charge is 2.05.